The van der Waals surface area contributed by atoms with E-state index in [-0.39, 0.29) is 5.43 Å². The monoisotopic (exact) mass is 284 g/mol. The number of aromatic amines is 1. The van der Waals surface area contributed by atoms with E-state index in [0.717, 1.165) is 10.4 Å². The second-order valence-corrected chi connectivity index (χ2v) is 5.28. The Kier molecular flexibility index (Phi) is 2.99. The van der Waals surface area contributed by atoms with Gasteiger partial charge in [0.05, 0.1) is 16.6 Å². The Morgan fingerprint density at radius 1 is 1.10 bits per heavy atom. The van der Waals surface area contributed by atoms with Crippen LogP contribution < -0.4 is 11.2 Å². The zero-order valence-electron chi connectivity index (χ0n) is 10.8. The second kappa shape index (κ2) is 4.68. The van der Waals surface area contributed by atoms with Crippen molar-refractivity contribution in [3.8, 4) is 0 Å². The third kappa shape index (κ3) is 1.78. The number of pyridine rings is 1. The van der Waals surface area contributed by atoms with E-state index in [0.29, 0.717) is 21.9 Å². The molecule has 2 aromatic carbocycles. The Labute approximate surface area is 119 Å². The summed E-state index contributed by atoms with van der Waals surface area (Å²) in [5.74, 6) is -0.549. The topological polar surface area (TPSA) is 76.0 Å². The first-order valence-corrected chi connectivity index (χ1v) is 7.27. The minimum Gasteiger partial charge on any atom is -0.366 e. The van der Waals surface area contributed by atoms with Gasteiger partial charge in [0.1, 0.15) is 0 Å². The normalized spacial score (nSPS) is 11.1. The van der Waals surface area contributed by atoms with E-state index in [1.165, 1.54) is 0 Å². The van der Waals surface area contributed by atoms with E-state index in [2.05, 4.69) is 4.98 Å². The summed E-state index contributed by atoms with van der Waals surface area (Å²) < 4.78 is 0. The maximum absolute atomic E-state index is 12.5. The number of carbonyl (C=O) groups excluding carboxylic acids is 1. The van der Waals surface area contributed by atoms with Crippen molar-refractivity contribution in [3.05, 3.63) is 52.2 Å². The van der Waals surface area contributed by atoms with Crippen molar-refractivity contribution in [1.82, 2.24) is 4.98 Å². The number of thioether (sulfide) groups is 1. The van der Waals surface area contributed by atoms with Gasteiger partial charge >= 0.3 is 0 Å². The molecule has 0 aliphatic carbocycles. The largest absolute Gasteiger partial charge is 0.366 e. The van der Waals surface area contributed by atoms with Crippen LogP contribution >= 0.6 is 11.8 Å². The highest BCUT2D eigenvalue weighted by Crippen LogP contribution is 2.25. The van der Waals surface area contributed by atoms with Gasteiger partial charge < -0.3 is 10.7 Å². The molecule has 0 aliphatic heterocycles. The van der Waals surface area contributed by atoms with Crippen molar-refractivity contribution in [3.63, 3.8) is 0 Å². The molecule has 0 spiro atoms. The number of nitrogens with one attached hydrogen (secondary N) is 1. The van der Waals surface area contributed by atoms with Crippen LogP contribution in [0.25, 0.3) is 21.8 Å². The minimum absolute atomic E-state index is 0.0900. The summed E-state index contributed by atoms with van der Waals surface area (Å²) >= 11 is 1.54. The first-order chi connectivity index (χ1) is 9.63. The third-order valence-corrected chi connectivity index (χ3v) is 4.10. The van der Waals surface area contributed by atoms with Gasteiger partial charge in [0, 0.05) is 15.7 Å². The van der Waals surface area contributed by atoms with Crippen LogP contribution in [0.1, 0.15) is 10.4 Å². The number of benzene rings is 2. The fraction of sp³-hybridized carbons (Fsp3) is 0.0667. The van der Waals surface area contributed by atoms with Crippen LogP contribution in [-0.2, 0) is 0 Å². The number of fused-ring (bicyclic) bond motifs is 2. The van der Waals surface area contributed by atoms with Crippen LogP contribution in [-0.4, -0.2) is 17.1 Å². The Balaban J connectivity index is 2.58. The molecule has 0 saturated heterocycles. The SMILES string of the molecule is CSc1cccc2c(=O)c3cccc(C(N)=O)c3[nH]c12. The lowest BCUT2D eigenvalue weighted by Crippen LogP contribution is -2.14. The Bertz CT molecular complexity index is 899. The molecule has 0 radical (unpaired) electrons. The lowest BCUT2D eigenvalue weighted by atomic mass is 10.1. The summed E-state index contributed by atoms with van der Waals surface area (Å²) in [6.07, 6.45) is 1.94. The van der Waals surface area contributed by atoms with Crippen molar-refractivity contribution >= 4 is 39.5 Å². The lowest BCUT2D eigenvalue weighted by Gasteiger charge is -2.08. The maximum atomic E-state index is 12.5. The summed E-state index contributed by atoms with van der Waals surface area (Å²) in [5, 5.41) is 1.10. The van der Waals surface area contributed by atoms with E-state index >= 15 is 0 Å². The Hall–Kier alpha value is -2.27. The quantitative estimate of drug-likeness (QED) is 0.561. The molecule has 1 heterocycles. The fourth-order valence-corrected chi connectivity index (χ4v) is 2.95. The first kappa shape index (κ1) is 12.7. The zero-order chi connectivity index (χ0) is 14.3. The molecule has 0 bridgehead atoms. The van der Waals surface area contributed by atoms with E-state index in [1.54, 1.807) is 36.0 Å². The molecule has 0 saturated carbocycles. The number of amides is 1. The van der Waals surface area contributed by atoms with Crippen molar-refractivity contribution in [2.45, 2.75) is 4.90 Å². The molecule has 100 valence electrons. The number of nitrogens with two attached hydrogens (primary N) is 1. The number of H-pyrrole nitrogens is 1. The third-order valence-electron chi connectivity index (χ3n) is 3.32. The van der Waals surface area contributed by atoms with Crippen LogP contribution in [0.2, 0.25) is 0 Å². The van der Waals surface area contributed by atoms with Gasteiger partial charge in [-0.1, -0.05) is 12.1 Å². The number of aromatic nitrogens is 1. The zero-order valence-corrected chi connectivity index (χ0v) is 11.6. The molecule has 20 heavy (non-hydrogen) atoms. The molecule has 0 fully saturated rings. The Morgan fingerprint density at radius 2 is 1.75 bits per heavy atom. The molecule has 1 amide bonds. The molecule has 4 nitrogen and oxygen atoms in total. The molecule has 0 aliphatic rings. The van der Waals surface area contributed by atoms with Gasteiger partial charge in [-0.05, 0) is 30.5 Å². The van der Waals surface area contributed by atoms with Crippen molar-refractivity contribution in [2.24, 2.45) is 5.73 Å². The van der Waals surface area contributed by atoms with E-state index < -0.39 is 5.91 Å². The highest BCUT2D eigenvalue weighted by Gasteiger charge is 2.12. The van der Waals surface area contributed by atoms with Crippen molar-refractivity contribution in [2.75, 3.05) is 6.26 Å². The molecular formula is C15H12N2O2S. The van der Waals surface area contributed by atoms with Gasteiger partial charge in [0.2, 0.25) is 0 Å². The van der Waals surface area contributed by atoms with Gasteiger partial charge in [-0.15, -0.1) is 11.8 Å². The maximum Gasteiger partial charge on any atom is 0.250 e. The smallest absolute Gasteiger partial charge is 0.250 e. The number of carbonyl (C=O) groups is 1. The van der Waals surface area contributed by atoms with Crippen LogP contribution in [0.5, 0.6) is 0 Å². The minimum atomic E-state index is -0.549. The average Bonchev–Trinajstić information content (AvgIpc) is 2.46. The number of hydrogen-bond acceptors (Lipinski definition) is 3. The van der Waals surface area contributed by atoms with Crippen LogP contribution in [0.4, 0.5) is 0 Å². The first-order valence-electron chi connectivity index (χ1n) is 6.05. The van der Waals surface area contributed by atoms with Crippen molar-refractivity contribution in [1.29, 1.82) is 0 Å². The molecule has 0 unspecified atom stereocenters. The van der Waals surface area contributed by atoms with Crippen LogP contribution in [0.15, 0.2) is 46.1 Å². The van der Waals surface area contributed by atoms with Gasteiger partial charge in [-0.25, -0.2) is 0 Å². The second-order valence-electron chi connectivity index (χ2n) is 4.43. The van der Waals surface area contributed by atoms with Crippen LogP contribution in [0, 0.1) is 0 Å². The molecule has 5 heteroatoms. The molecule has 3 aromatic rings. The standard InChI is InChI=1S/C15H12N2O2S/c1-20-11-7-3-5-9-13(11)17-12-8(14(9)18)4-2-6-10(12)15(16)19/h2-7H,1H3,(H2,16,19)(H,17,18). The Morgan fingerprint density at radius 3 is 2.40 bits per heavy atom. The molecule has 0 atom stereocenters. The highest BCUT2D eigenvalue weighted by molar-refractivity contribution is 7.98. The number of rotatable bonds is 2. The van der Waals surface area contributed by atoms with E-state index in [4.69, 9.17) is 5.73 Å². The predicted octanol–water partition coefficient (Wildman–Crippen LogP) is 2.50. The summed E-state index contributed by atoms with van der Waals surface area (Å²) in [5.41, 5.74) is 6.86. The molecular weight excluding hydrogens is 272 g/mol. The molecule has 3 N–H and O–H groups in total. The average molecular weight is 284 g/mol. The van der Waals surface area contributed by atoms with Crippen LogP contribution in [0.3, 0.4) is 0 Å². The van der Waals surface area contributed by atoms with Gasteiger partial charge in [0.15, 0.2) is 5.43 Å². The summed E-state index contributed by atoms with van der Waals surface area (Å²) in [6.45, 7) is 0. The number of para-hydroxylation sites is 2. The predicted molar refractivity (Wildman–Crippen MR) is 82.4 cm³/mol. The summed E-state index contributed by atoms with van der Waals surface area (Å²) in [7, 11) is 0. The van der Waals surface area contributed by atoms with Crippen molar-refractivity contribution < 1.29 is 4.79 Å². The summed E-state index contributed by atoms with van der Waals surface area (Å²) in [4.78, 5) is 28.2. The van der Waals surface area contributed by atoms with Gasteiger partial charge in [0.25, 0.3) is 5.91 Å². The van der Waals surface area contributed by atoms with Gasteiger partial charge in [-0.2, -0.15) is 0 Å². The van der Waals surface area contributed by atoms with E-state index in [9.17, 15) is 9.59 Å². The molecule has 3 rings (SSSR count). The summed E-state index contributed by atoms with van der Waals surface area (Å²) in [6, 6.07) is 10.6. The van der Waals surface area contributed by atoms with E-state index in [1.807, 2.05) is 18.4 Å². The number of hydrogen-bond donors (Lipinski definition) is 2. The molecule has 1 aromatic heterocycles. The highest BCUT2D eigenvalue weighted by atomic mass is 32.2. The lowest BCUT2D eigenvalue weighted by molar-refractivity contribution is 0.100. The van der Waals surface area contributed by atoms with Gasteiger partial charge in [-0.3, -0.25) is 9.59 Å². The fourth-order valence-electron chi connectivity index (χ4n) is 2.37. The number of primary amides is 1.